The largest absolute Gasteiger partial charge is 1.00 e. The summed E-state index contributed by atoms with van der Waals surface area (Å²) in [5.74, 6) is 0. The van der Waals surface area contributed by atoms with Crippen molar-refractivity contribution >= 4 is 11.9 Å². The third-order valence-electron chi connectivity index (χ3n) is 0. The van der Waals surface area contributed by atoms with E-state index in [2.05, 4.69) is 16.2 Å². The summed E-state index contributed by atoms with van der Waals surface area (Å²) in [4.78, 5) is 0. The normalized spacial score (nSPS) is 4.00. The van der Waals surface area contributed by atoms with Crippen LogP contribution in [0, 0.1) is 0 Å². The van der Waals surface area contributed by atoms with E-state index in [1.54, 1.807) is 0 Å². The van der Waals surface area contributed by atoms with Crippen molar-refractivity contribution in [1.29, 1.82) is 0 Å². The van der Waals surface area contributed by atoms with Gasteiger partial charge in [0, 0.05) is 0 Å². The average molecular weight is 121 g/mol. The van der Waals surface area contributed by atoms with Crippen molar-refractivity contribution in [2.45, 2.75) is 0 Å². The average Bonchev–Trinajstić information content (AvgIpc) is 1.46. The molecule has 0 aliphatic heterocycles. The Kier molecular flexibility index (Phi) is 90.2. The fraction of sp³-hybridized carbons (Fsp3) is 1.00. The van der Waals surface area contributed by atoms with E-state index in [0.717, 1.165) is 7.11 Å². The van der Waals surface area contributed by atoms with Gasteiger partial charge < -0.3 is 5.11 Å². The molecule has 0 atom stereocenters. The molecule has 0 aromatic rings. The molecule has 0 radical (unpaired) electrons. The molecule has 6 heavy (non-hydrogen) atoms. The van der Waals surface area contributed by atoms with Gasteiger partial charge in [0.1, 0.15) is 0 Å². The minimum atomic E-state index is 0. The van der Waals surface area contributed by atoms with Gasteiger partial charge in [-0.15, -0.1) is 0 Å². The summed E-state index contributed by atoms with van der Waals surface area (Å²) in [6, 6.07) is 0. The van der Waals surface area contributed by atoms with Crippen LogP contribution >= 0.6 is 11.9 Å². The fourth-order valence-electron chi connectivity index (χ4n) is 0. The molecule has 4 heteroatoms. The summed E-state index contributed by atoms with van der Waals surface area (Å²) in [5.41, 5.74) is 0. The van der Waals surface area contributed by atoms with Crippen LogP contribution in [-0.4, -0.2) is 14.2 Å². The van der Waals surface area contributed by atoms with E-state index in [1.807, 2.05) is 0 Å². The summed E-state index contributed by atoms with van der Waals surface area (Å²) < 4.78 is 3.72. The van der Waals surface area contributed by atoms with E-state index in [4.69, 9.17) is 5.11 Å². The number of hydrogen-bond acceptors (Lipinski definition) is 2. The Labute approximate surface area is 64.9 Å². The molecule has 2 nitrogen and oxygen atoms in total. The molecule has 0 aromatic heterocycles. The van der Waals surface area contributed by atoms with E-state index < -0.39 is 0 Å². The molecule has 0 heterocycles. The first-order chi connectivity index (χ1) is 2.41. The van der Waals surface area contributed by atoms with E-state index in [-0.39, 0.29) is 29.6 Å². The Morgan fingerprint density at radius 1 is 1.50 bits per heavy atom. The molecule has 0 aromatic carbocycles. The van der Waals surface area contributed by atoms with Gasteiger partial charge in [0.15, 0.2) is 0 Å². The van der Waals surface area contributed by atoms with E-state index in [0.29, 0.717) is 0 Å². The van der Waals surface area contributed by atoms with E-state index in [1.165, 1.54) is 7.11 Å². The zero-order chi connectivity index (χ0) is 4.71. The summed E-state index contributed by atoms with van der Waals surface area (Å²) in [6.45, 7) is 0. The van der Waals surface area contributed by atoms with E-state index in [9.17, 15) is 0 Å². The van der Waals surface area contributed by atoms with Gasteiger partial charge in [-0.2, -0.15) is 7.11 Å². The van der Waals surface area contributed by atoms with Crippen LogP contribution in [0.25, 0.3) is 0 Å². The van der Waals surface area contributed by atoms with Gasteiger partial charge in [0.2, 0.25) is 0 Å². The zero-order valence-electron chi connectivity index (χ0n) is 4.19. The molecule has 0 bridgehead atoms. The van der Waals surface area contributed by atoms with Crippen molar-refractivity contribution in [3.63, 3.8) is 0 Å². The maximum Gasteiger partial charge on any atom is 1.00 e. The Hall–Kier alpha value is 1.21. The quantitative estimate of drug-likeness (QED) is 0.315. The Balaban J connectivity index is -0.0000000275. The Morgan fingerprint density at radius 3 is 1.50 bits per heavy atom. The first-order valence-electron chi connectivity index (χ1n) is 0.971. The van der Waals surface area contributed by atoms with Gasteiger partial charge in [-0.05, 0) is 0 Å². The fourth-order valence-corrected chi connectivity index (χ4v) is 0. The van der Waals surface area contributed by atoms with Crippen LogP contribution in [0.3, 0.4) is 0 Å². The predicted octanol–water partition coefficient (Wildman–Crippen LogP) is -3.23. The van der Waals surface area contributed by atoms with Crippen molar-refractivity contribution in [3.8, 4) is 0 Å². The van der Waals surface area contributed by atoms with Crippen LogP contribution in [0.4, 0.5) is 0 Å². The minimum absolute atomic E-state index is 0. The van der Waals surface area contributed by atoms with Crippen molar-refractivity contribution in [3.05, 3.63) is 0 Å². The van der Waals surface area contributed by atoms with Crippen molar-refractivity contribution in [1.82, 2.24) is 0 Å². The third-order valence-corrected chi connectivity index (χ3v) is 0. The molecule has 34 valence electrons. The molecule has 0 saturated carbocycles. The molecule has 0 unspecified atom stereocenters. The molecular formula is C2H6ClNaO2. The van der Waals surface area contributed by atoms with Gasteiger partial charge in [0.25, 0.3) is 0 Å². The second-order valence-corrected chi connectivity index (χ2v) is 0.463. The molecule has 0 rings (SSSR count). The molecule has 0 saturated heterocycles. The standard InChI is InChI=1S/CH3ClO.CH3O.Na/c1-3-2;1-2;/h1H3;1H3;/q;-1;+1. The first kappa shape index (κ1) is 15.7. The number of hydrogen-bond donors (Lipinski definition) is 0. The second kappa shape index (κ2) is 34.5. The summed E-state index contributed by atoms with van der Waals surface area (Å²) in [7, 11) is 2.14. The van der Waals surface area contributed by atoms with Gasteiger partial charge in [-0.3, -0.25) is 4.29 Å². The van der Waals surface area contributed by atoms with Gasteiger partial charge >= 0.3 is 29.6 Å². The molecule has 0 aliphatic rings. The predicted molar refractivity (Wildman–Crippen MR) is 18.8 cm³/mol. The van der Waals surface area contributed by atoms with Gasteiger partial charge in [-0.1, -0.05) is 0 Å². The molecule has 0 N–H and O–H groups in total. The molecule has 0 fully saturated rings. The van der Waals surface area contributed by atoms with Gasteiger partial charge in [0.05, 0.1) is 19.0 Å². The number of rotatable bonds is 0. The van der Waals surface area contributed by atoms with Crippen molar-refractivity contribution in [2.75, 3.05) is 14.2 Å². The molecular weight excluding hydrogens is 114 g/mol. The molecule has 0 amide bonds. The Morgan fingerprint density at radius 2 is 1.50 bits per heavy atom. The summed E-state index contributed by atoms with van der Waals surface area (Å²) >= 11 is 4.50. The molecule has 0 spiro atoms. The van der Waals surface area contributed by atoms with E-state index >= 15 is 0 Å². The van der Waals surface area contributed by atoms with Crippen LogP contribution in [0.5, 0.6) is 0 Å². The summed E-state index contributed by atoms with van der Waals surface area (Å²) in [5, 5.41) is 8.25. The van der Waals surface area contributed by atoms with Crippen LogP contribution in [0.1, 0.15) is 0 Å². The monoisotopic (exact) mass is 120 g/mol. The van der Waals surface area contributed by atoms with Gasteiger partial charge in [-0.25, -0.2) is 0 Å². The maximum atomic E-state index is 8.25. The van der Waals surface area contributed by atoms with Crippen LogP contribution in [0.15, 0.2) is 0 Å². The van der Waals surface area contributed by atoms with Crippen LogP contribution in [0.2, 0.25) is 0 Å². The maximum absolute atomic E-state index is 8.25. The Bertz CT molecular complexity index is 11.5. The van der Waals surface area contributed by atoms with Crippen LogP contribution < -0.4 is 34.7 Å². The SMILES string of the molecule is COCl.C[O-].[Na+]. The first-order valence-corrected chi connectivity index (χ1v) is 1.28. The second-order valence-electron chi connectivity index (χ2n) is 0.154. The van der Waals surface area contributed by atoms with Crippen molar-refractivity contribution < 1.29 is 39.0 Å². The van der Waals surface area contributed by atoms with Crippen molar-refractivity contribution in [2.24, 2.45) is 0 Å². The third kappa shape index (κ3) is 63.1. The number of halogens is 1. The topological polar surface area (TPSA) is 32.3 Å². The smallest absolute Gasteiger partial charge is 0.857 e. The minimum Gasteiger partial charge on any atom is -0.857 e. The van der Waals surface area contributed by atoms with Crippen LogP contribution in [-0.2, 0) is 4.29 Å². The zero-order valence-corrected chi connectivity index (χ0v) is 6.95. The molecule has 0 aliphatic carbocycles. The summed E-state index contributed by atoms with van der Waals surface area (Å²) in [6.07, 6.45) is 0.